The number of rotatable bonds is 3. The van der Waals surface area contributed by atoms with Crippen LogP contribution in [0.1, 0.15) is 30.9 Å². The van der Waals surface area contributed by atoms with Crippen LogP contribution < -0.4 is 0 Å². The van der Waals surface area contributed by atoms with Gasteiger partial charge in [-0.25, -0.2) is 4.79 Å². The molecule has 128 valence electrons. The van der Waals surface area contributed by atoms with Gasteiger partial charge in [0, 0.05) is 30.2 Å². The van der Waals surface area contributed by atoms with E-state index in [1.54, 1.807) is 11.1 Å². The Balaban J connectivity index is 1.68. The van der Waals surface area contributed by atoms with Gasteiger partial charge in [-0.1, -0.05) is 11.6 Å². The number of fused-ring (bicyclic) bond motifs is 1. The van der Waals surface area contributed by atoms with E-state index in [9.17, 15) is 9.90 Å². The number of piperidine rings is 1. The fourth-order valence-corrected chi connectivity index (χ4v) is 3.04. The first-order chi connectivity index (χ1) is 11.6. The number of aromatic hydroxyl groups is 1. The molecule has 2 aromatic rings. The smallest absolute Gasteiger partial charge is 0.409 e. The number of carbonyl (C=O) groups excluding carboxylic acids is 1. The van der Waals surface area contributed by atoms with E-state index in [4.69, 9.17) is 4.74 Å². The van der Waals surface area contributed by atoms with Crippen molar-refractivity contribution in [1.82, 2.24) is 9.88 Å². The lowest BCUT2D eigenvalue weighted by molar-refractivity contribution is 0.0975. The Labute approximate surface area is 141 Å². The Morgan fingerprint density at radius 1 is 1.46 bits per heavy atom. The largest absolute Gasteiger partial charge is 0.494 e. The van der Waals surface area contributed by atoms with Gasteiger partial charge in [0.15, 0.2) is 5.88 Å². The van der Waals surface area contributed by atoms with E-state index < -0.39 is 0 Å². The summed E-state index contributed by atoms with van der Waals surface area (Å²) in [5, 5.41) is 11.1. The molecule has 2 heterocycles. The molecule has 1 aromatic carbocycles. The Morgan fingerprint density at radius 2 is 2.21 bits per heavy atom. The number of carbonyl (C=O) groups is 1. The average molecular weight is 329 g/mol. The molecule has 0 unspecified atom stereocenters. The average Bonchev–Trinajstić information content (AvgIpc) is 2.88. The van der Waals surface area contributed by atoms with E-state index in [0.717, 1.165) is 34.9 Å². The van der Waals surface area contributed by atoms with Crippen LogP contribution >= 0.6 is 0 Å². The van der Waals surface area contributed by atoms with Crippen molar-refractivity contribution < 1.29 is 14.6 Å². The summed E-state index contributed by atoms with van der Waals surface area (Å²) in [5.74, 6) is 0.142. The standard InChI is InChI=1S/C18H23N3O3/c1-3-24-18(23)21-8-6-13(7-9-21)19-11-15-14-10-12(2)4-5-16(14)20-17(15)22/h4-5,10-11,13,20,22H,3,6-9H2,1-2H3. The molecule has 0 atom stereocenters. The lowest BCUT2D eigenvalue weighted by Crippen LogP contribution is -2.40. The van der Waals surface area contributed by atoms with Gasteiger partial charge in [0.05, 0.1) is 18.2 Å². The summed E-state index contributed by atoms with van der Waals surface area (Å²) in [7, 11) is 0. The highest BCUT2D eigenvalue weighted by Crippen LogP contribution is 2.27. The van der Waals surface area contributed by atoms with Gasteiger partial charge in [-0.05, 0) is 38.8 Å². The van der Waals surface area contributed by atoms with E-state index in [1.165, 1.54) is 0 Å². The number of benzene rings is 1. The second-order valence-corrected chi connectivity index (χ2v) is 6.13. The van der Waals surface area contributed by atoms with Crippen LogP contribution in [0.4, 0.5) is 4.79 Å². The van der Waals surface area contributed by atoms with Gasteiger partial charge in [0.25, 0.3) is 0 Å². The van der Waals surface area contributed by atoms with Crippen molar-refractivity contribution in [3.8, 4) is 5.88 Å². The van der Waals surface area contributed by atoms with Crippen LogP contribution in [0.3, 0.4) is 0 Å². The number of likely N-dealkylation sites (tertiary alicyclic amines) is 1. The Kier molecular flexibility index (Phi) is 4.74. The molecular formula is C18H23N3O3. The number of aromatic amines is 1. The van der Waals surface area contributed by atoms with Gasteiger partial charge in [0.1, 0.15) is 0 Å². The summed E-state index contributed by atoms with van der Waals surface area (Å²) >= 11 is 0. The minimum atomic E-state index is -0.246. The third-order valence-electron chi connectivity index (χ3n) is 4.38. The van der Waals surface area contributed by atoms with Crippen molar-refractivity contribution >= 4 is 23.2 Å². The number of hydrogen-bond donors (Lipinski definition) is 2. The molecule has 6 heteroatoms. The van der Waals surface area contributed by atoms with Crippen LogP contribution in [0.2, 0.25) is 0 Å². The maximum absolute atomic E-state index is 11.7. The molecule has 1 saturated heterocycles. The third kappa shape index (κ3) is 3.37. The summed E-state index contributed by atoms with van der Waals surface area (Å²) in [6.45, 7) is 5.54. The van der Waals surface area contributed by atoms with E-state index in [1.807, 2.05) is 32.0 Å². The first-order valence-electron chi connectivity index (χ1n) is 8.34. The number of H-pyrrole nitrogens is 1. The Hall–Kier alpha value is -2.50. The van der Waals surface area contributed by atoms with Gasteiger partial charge < -0.3 is 19.7 Å². The fourth-order valence-electron chi connectivity index (χ4n) is 3.04. The minimum Gasteiger partial charge on any atom is -0.494 e. The summed E-state index contributed by atoms with van der Waals surface area (Å²) in [6.07, 6.45) is 3.11. The molecular weight excluding hydrogens is 306 g/mol. The number of aliphatic imine (C=N–C) groups is 1. The number of aromatic nitrogens is 1. The number of ether oxygens (including phenoxy) is 1. The van der Waals surface area contributed by atoms with Crippen LogP contribution in [-0.4, -0.2) is 53.0 Å². The van der Waals surface area contributed by atoms with E-state index in [2.05, 4.69) is 9.98 Å². The third-order valence-corrected chi connectivity index (χ3v) is 4.38. The highest BCUT2D eigenvalue weighted by atomic mass is 16.6. The zero-order valence-corrected chi connectivity index (χ0v) is 14.1. The number of nitrogens with zero attached hydrogens (tertiary/aromatic N) is 2. The van der Waals surface area contributed by atoms with E-state index in [0.29, 0.717) is 19.7 Å². The molecule has 0 radical (unpaired) electrons. The molecule has 0 spiro atoms. The molecule has 24 heavy (non-hydrogen) atoms. The molecule has 0 bridgehead atoms. The van der Waals surface area contributed by atoms with E-state index >= 15 is 0 Å². The molecule has 1 amide bonds. The molecule has 0 aliphatic carbocycles. The van der Waals surface area contributed by atoms with Gasteiger partial charge in [-0.2, -0.15) is 0 Å². The van der Waals surface area contributed by atoms with Crippen molar-refractivity contribution in [3.63, 3.8) is 0 Å². The molecule has 3 rings (SSSR count). The van der Waals surface area contributed by atoms with Crippen LogP contribution in [-0.2, 0) is 4.74 Å². The van der Waals surface area contributed by atoms with E-state index in [-0.39, 0.29) is 18.0 Å². The first kappa shape index (κ1) is 16.4. The Morgan fingerprint density at radius 3 is 2.92 bits per heavy atom. The SMILES string of the molecule is CCOC(=O)N1CCC(N=Cc2c(O)[nH]c3ccc(C)cc23)CC1. The normalized spacial score (nSPS) is 16.2. The van der Waals surface area contributed by atoms with Crippen molar-refractivity contribution in [1.29, 1.82) is 0 Å². The van der Waals surface area contributed by atoms with Gasteiger partial charge in [-0.15, -0.1) is 0 Å². The van der Waals surface area contributed by atoms with Crippen molar-refractivity contribution in [2.75, 3.05) is 19.7 Å². The number of hydrogen-bond acceptors (Lipinski definition) is 4. The monoisotopic (exact) mass is 329 g/mol. The van der Waals surface area contributed by atoms with Gasteiger partial charge in [0.2, 0.25) is 0 Å². The molecule has 1 aliphatic rings. The summed E-state index contributed by atoms with van der Waals surface area (Å²) < 4.78 is 5.02. The summed E-state index contributed by atoms with van der Waals surface area (Å²) in [4.78, 5) is 21.0. The molecule has 2 N–H and O–H groups in total. The quantitative estimate of drug-likeness (QED) is 0.849. The minimum absolute atomic E-state index is 0.142. The van der Waals surface area contributed by atoms with Crippen LogP contribution in [0.25, 0.3) is 10.9 Å². The molecule has 0 saturated carbocycles. The van der Waals surface area contributed by atoms with Gasteiger partial charge >= 0.3 is 6.09 Å². The van der Waals surface area contributed by atoms with Gasteiger partial charge in [-0.3, -0.25) is 4.99 Å². The maximum Gasteiger partial charge on any atom is 0.409 e. The molecule has 6 nitrogen and oxygen atoms in total. The highest BCUT2D eigenvalue weighted by Gasteiger charge is 2.23. The first-order valence-corrected chi connectivity index (χ1v) is 8.34. The molecule has 1 fully saturated rings. The molecule has 1 aromatic heterocycles. The fraction of sp³-hybridized carbons (Fsp3) is 0.444. The predicted octanol–water partition coefficient (Wildman–Crippen LogP) is 3.22. The summed E-state index contributed by atoms with van der Waals surface area (Å²) in [6, 6.07) is 6.16. The summed E-state index contributed by atoms with van der Waals surface area (Å²) in [5.41, 5.74) is 2.76. The topological polar surface area (TPSA) is 77.9 Å². The highest BCUT2D eigenvalue weighted by molar-refractivity contribution is 6.02. The zero-order chi connectivity index (χ0) is 17.1. The lowest BCUT2D eigenvalue weighted by Gasteiger charge is -2.29. The van der Waals surface area contributed by atoms with Crippen LogP contribution in [0, 0.1) is 6.92 Å². The second-order valence-electron chi connectivity index (χ2n) is 6.13. The van der Waals surface area contributed by atoms with Crippen molar-refractivity contribution in [3.05, 3.63) is 29.3 Å². The van der Waals surface area contributed by atoms with Crippen LogP contribution in [0.15, 0.2) is 23.2 Å². The Bertz CT molecular complexity index is 758. The van der Waals surface area contributed by atoms with Crippen molar-refractivity contribution in [2.24, 2.45) is 4.99 Å². The van der Waals surface area contributed by atoms with Crippen LogP contribution in [0.5, 0.6) is 5.88 Å². The number of nitrogens with one attached hydrogen (secondary N) is 1. The molecule has 1 aliphatic heterocycles. The number of amides is 1. The maximum atomic E-state index is 11.7. The lowest BCUT2D eigenvalue weighted by atomic mass is 10.1. The second kappa shape index (κ2) is 6.95. The zero-order valence-electron chi connectivity index (χ0n) is 14.1. The predicted molar refractivity (Wildman–Crippen MR) is 93.9 cm³/mol. The number of aryl methyl sites for hydroxylation is 1. The van der Waals surface area contributed by atoms with Crippen molar-refractivity contribution in [2.45, 2.75) is 32.7 Å².